The topological polar surface area (TPSA) is 70.4 Å². The Hall–Kier alpha value is -2.57. The molecule has 0 amide bonds. The monoisotopic (exact) mass is 409 g/mol. The smallest absolute Gasteiger partial charge is 0.192 e. The molecule has 0 spiro atoms. The van der Waals surface area contributed by atoms with Gasteiger partial charge in [0.25, 0.3) is 0 Å². The van der Waals surface area contributed by atoms with E-state index in [1.807, 2.05) is 18.5 Å². The number of benzene rings is 1. The molecule has 0 radical (unpaired) electrons. The highest BCUT2D eigenvalue weighted by Crippen LogP contribution is 2.24. The number of guanidine groups is 1. The number of anilines is 1. The number of hydrogen-bond donors (Lipinski definition) is 2. The standard InChI is InChI=1S/C23H35N7/c1-17(19-9-8-12-21(15-19)30-13-6-7-14-30)25-23(26-20-10-4-5-11-20)24-16-22-28-27-18(2)29(22)3/h8-9,12,15,17,20H,4-7,10-11,13-14,16H2,1-3H3,(H2,24,25,26). The molecule has 2 fully saturated rings. The zero-order valence-corrected chi connectivity index (χ0v) is 18.6. The number of rotatable bonds is 6. The number of nitrogens with zero attached hydrogens (tertiary/aromatic N) is 5. The summed E-state index contributed by atoms with van der Waals surface area (Å²) in [7, 11) is 1.99. The highest BCUT2D eigenvalue weighted by molar-refractivity contribution is 5.80. The largest absolute Gasteiger partial charge is 0.372 e. The van der Waals surface area contributed by atoms with Gasteiger partial charge in [0.2, 0.25) is 0 Å². The van der Waals surface area contributed by atoms with Gasteiger partial charge in [-0.15, -0.1) is 10.2 Å². The lowest BCUT2D eigenvalue weighted by Gasteiger charge is -2.23. The van der Waals surface area contributed by atoms with Crippen molar-refractivity contribution < 1.29 is 0 Å². The molecular weight excluding hydrogens is 374 g/mol. The summed E-state index contributed by atoms with van der Waals surface area (Å²) in [4.78, 5) is 7.34. The molecule has 2 aliphatic rings. The first-order chi connectivity index (χ1) is 14.6. The molecule has 1 aromatic carbocycles. The molecule has 7 heteroatoms. The molecule has 1 aromatic heterocycles. The van der Waals surface area contributed by atoms with Crippen LogP contribution in [0, 0.1) is 6.92 Å². The zero-order valence-electron chi connectivity index (χ0n) is 18.6. The quantitative estimate of drug-likeness (QED) is 0.565. The van der Waals surface area contributed by atoms with Gasteiger partial charge in [-0.05, 0) is 57.2 Å². The van der Waals surface area contributed by atoms with Crippen LogP contribution in [-0.4, -0.2) is 39.9 Å². The van der Waals surface area contributed by atoms with Crippen molar-refractivity contribution in [1.82, 2.24) is 25.4 Å². The van der Waals surface area contributed by atoms with E-state index < -0.39 is 0 Å². The Kier molecular flexibility index (Phi) is 6.55. The molecule has 2 heterocycles. The second kappa shape index (κ2) is 9.49. The SMILES string of the molecule is Cc1nnc(CN=C(NC2CCCC2)NC(C)c2cccc(N3CCCC3)c2)n1C. The van der Waals surface area contributed by atoms with Crippen LogP contribution in [0.5, 0.6) is 0 Å². The van der Waals surface area contributed by atoms with E-state index in [0.717, 1.165) is 17.6 Å². The maximum Gasteiger partial charge on any atom is 0.192 e. The van der Waals surface area contributed by atoms with E-state index >= 15 is 0 Å². The summed E-state index contributed by atoms with van der Waals surface area (Å²) in [5.74, 6) is 2.65. The Labute approximate surface area is 180 Å². The van der Waals surface area contributed by atoms with E-state index in [4.69, 9.17) is 4.99 Å². The zero-order chi connectivity index (χ0) is 20.9. The molecule has 1 saturated carbocycles. The van der Waals surface area contributed by atoms with Crippen LogP contribution in [0.1, 0.15) is 68.7 Å². The van der Waals surface area contributed by atoms with E-state index in [9.17, 15) is 0 Å². The average molecular weight is 410 g/mol. The Morgan fingerprint density at radius 3 is 2.63 bits per heavy atom. The Morgan fingerprint density at radius 2 is 1.93 bits per heavy atom. The fourth-order valence-corrected chi connectivity index (χ4v) is 4.39. The van der Waals surface area contributed by atoms with Gasteiger partial charge < -0.3 is 20.1 Å². The summed E-state index contributed by atoms with van der Waals surface area (Å²) in [6, 6.07) is 9.59. The predicted molar refractivity (Wildman–Crippen MR) is 122 cm³/mol. The van der Waals surface area contributed by atoms with Crippen LogP contribution in [-0.2, 0) is 13.6 Å². The summed E-state index contributed by atoms with van der Waals surface area (Å²) in [5, 5.41) is 15.7. The van der Waals surface area contributed by atoms with Crippen LogP contribution in [0.4, 0.5) is 5.69 Å². The molecule has 162 valence electrons. The third kappa shape index (κ3) is 4.94. The Bertz CT molecular complexity index is 860. The molecule has 1 saturated heterocycles. The molecule has 4 rings (SSSR count). The second-order valence-corrected chi connectivity index (χ2v) is 8.67. The maximum absolute atomic E-state index is 4.86. The minimum atomic E-state index is 0.168. The van der Waals surface area contributed by atoms with E-state index in [1.165, 1.54) is 62.9 Å². The molecule has 1 aliphatic carbocycles. The minimum Gasteiger partial charge on any atom is -0.372 e. The molecule has 2 aromatic rings. The molecule has 30 heavy (non-hydrogen) atoms. The highest BCUT2D eigenvalue weighted by Gasteiger charge is 2.19. The van der Waals surface area contributed by atoms with E-state index in [1.54, 1.807) is 0 Å². The van der Waals surface area contributed by atoms with Crippen LogP contribution in [0.15, 0.2) is 29.3 Å². The van der Waals surface area contributed by atoms with Crippen LogP contribution in [0.25, 0.3) is 0 Å². The fourth-order valence-electron chi connectivity index (χ4n) is 4.39. The van der Waals surface area contributed by atoms with Crippen LogP contribution < -0.4 is 15.5 Å². The van der Waals surface area contributed by atoms with Crippen molar-refractivity contribution in [2.75, 3.05) is 18.0 Å². The van der Waals surface area contributed by atoms with Gasteiger partial charge in [0.1, 0.15) is 12.4 Å². The first-order valence-electron chi connectivity index (χ1n) is 11.4. The van der Waals surface area contributed by atoms with Gasteiger partial charge >= 0.3 is 0 Å². The molecule has 7 nitrogen and oxygen atoms in total. The third-order valence-corrected chi connectivity index (χ3v) is 6.45. The number of aliphatic imine (C=N–C) groups is 1. The lowest BCUT2D eigenvalue weighted by atomic mass is 10.1. The lowest BCUT2D eigenvalue weighted by Crippen LogP contribution is -2.43. The minimum absolute atomic E-state index is 0.168. The van der Waals surface area contributed by atoms with Gasteiger partial charge in [-0.3, -0.25) is 0 Å². The fraction of sp³-hybridized carbons (Fsp3) is 0.609. The molecule has 2 N–H and O–H groups in total. The van der Waals surface area contributed by atoms with Crippen molar-refractivity contribution in [3.8, 4) is 0 Å². The van der Waals surface area contributed by atoms with Crippen molar-refractivity contribution in [1.29, 1.82) is 0 Å². The summed E-state index contributed by atoms with van der Waals surface area (Å²) < 4.78 is 2.00. The molecule has 1 atom stereocenters. The van der Waals surface area contributed by atoms with Gasteiger partial charge in [0.05, 0.1) is 6.04 Å². The highest BCUT2D eigenvalue weighted by atomic mass is 15.3. The first-order valence-corrected chi connectivity index (χ1v) is 11.4. The van der Waals surface area contributed by atoms with E-state index in [2.05, 4.69) is 56.9 Å². The van der Waals surface area contributed by atoms with Crippen molar-refractivity contribution in [2.45, 2.75) is 71.0 Å². The average Bonchev–Trinajstić information content (AvgIpc) is 3.51. The number of aromatic nitrogens is 3. The van der Waals surface area contributed by atoms with E-state index in [0.29, 0.717) is 12.6 Å². The predicted octanol–water partition coefficient (Wildman–Crippen LogP) is 3.46. The van der Waals surface area contributed by atoms with Crippen LogP contribution >= 0.6 is 0 Å². The molecule has 1 unspecified atom stereocenters. The summed E-state index contributed by atoms with van der Waals surface area (Å²) >= 11 is 0. The van der Waals surface area contributed by atoms with Crippen molar-refractivity contribution in [2.24, 2.45) is 12.0 Å². The van der Waals surface area contributed by atoms with Crippen molar-refractivity contribution in [3.05, 3.63) is 41.5 Å². The number of hydrogen-bond acceptors (Lipinski definition) is 4. The van der Waals surface area contributed by atoms with Crippen LogP contribution in [0.2, 0.25) is 0 Å². The summed E-state index contributed by atoms with van der Waals surface area (Å²) in [5.41, 5.74) is 2.62. The van der Waals surface area contributed by atoms with Gasteiger partial charge in [0, 0.05) is 31.9 Å². The molecule has 0 bridgehead atoms. The van der Waals surface area contributed by atoms with Gasteiger partial charge in [-0.25, -0.2) is 4.99 Å². The Balaban J connectivity index is 1.48. The summed E-state index contributed by atoms with van der Waals surface area (Å²) in [6.07, 6.45) is 7.59. The Morgan fingerprint density at radius 1 is 1.17 bits per heavy atom. The van der Waals surface area contributed by atoms with Crippen molar-refractivity contribution >= 4 is 11.6 Å². The van der Waals surface area contributed by atoms with Gasteiger partial charge in [-0.2, -0.15) is 0 Å². The molecule has 1 aliphatic heterocycles. The molecular formula is C23H35N7. The van der Waals surface area contributed by atoms with E-state index in [-0.39, 0.29) is 6.04 Å². The number of aryl methyl sites for hydroxylation is 1. The van der Waals surface area contributed by atoms with Gasteiger partial charge in [-0.1, -0.05) is 25.0 Å². The third-order valence-electron chi connectivity index (χ3n) is 6.45. The van der Waals surface area contributed by atoms with Gasteiger partial charge in [0.15, 0.2) is 11.8 Å². The van der Waals surface area contributed by atoms with Crippen molar-refractivity contribution in [3.63, 3.8) is 0 Å². The maximum atomic E-state index is 4.86. The first kappa shape index (κ1) is 20.7. The number of nitrogens with one attached hydrogen (secondary N) is 2. The second-order valence-electron chi connectivity index (χ2n) is 8.67. The van der Waals surface area contributed by atoms with Crippen LogP contribution in [0.3, 0.4) is 0 Å². The summed E-state index contributed by atoms with van der Waals surface area (Å²) in [6.45, 7) is 7.02. The normalized spacial score (nSPS) is 18.8. The lowest BCUT2D eigenvalue weighted by molar-refractivity contribution is 0.592.